The quantitative estimate of drug-likeness (QED) is 0.813. The van der Waals surface area contributed by atoms with Gasteiger partial charge in [0.25, 0.3) is 0 Å². The van der Waals surface area contributed by atoms with Crippen molar-refractivity contribution in [2.45, 2.75) is 17.2 Å². The summed E-state index contributed by atoms with van der Waals surface area (Å²) in [7, 11) is 0. The van der Waals surface area contributed by atoms with E-state index in [1.54, 1.807) is 24.3 Å². The second-order valence-corrected chi connectivity index (χ2v) is 5.84. The normalized spacial score (nSPS) is 10.7. The van der Waals surface area contributed by atoms with Gasteiger partial charge < -0.3 is 5.73 Å². The minimum Gasteiger partial charge on any atom is -0.326 e. The summed E-state index contributed by atoms with van der Waals surface area (Å²) in [5, 5.41) is 1.27. The van der Waals surface area contributed by atoms with Gasteiger partial charge in [-0.05, 0) is 41.5 Å². The van der Waals surface area contributed by atoms with Crippen molar-refractivity contribution >= 4 is 35.0 Å². The van der Waals surface area contributed by atoms with Gasteiger partial charge in [-0.25, -0.2) is 4.39 Å². The highest BCUT2D eigenvalue weighted by molar-refractivity contribution is 7.98. The van der Waals surface area contributed by atoms with Crippen molar-refractivity contribution in [1.82, 2.24) is 0 Å². The number of hydrogen-bond donors (Lipinski definition) is 1. The smallest absolute Gasteiger partial charge is 0.123 e. The maximum absolute atomic E-state index is 13.3. The Bertz CT molecular complexity index is 590. The third-order valence-electron chi connectivity index (χ3n) is 2.66. The van der Waals surface area contributed by atoms with Crippen LogP contribution < -0.4 is 5.73 Å². The molecule has 0 radical (unpaired) electrons. The fourth-order valence-corrected chi connectivity index (χ4v) is 3.19. The minimum absolute atomic E-state index is 0.259. The fourth-order valence-electron chi connectivity index (χ4n) is 1.67. The van der Waals surface area contributed by atoms with Crippen LogP contribution in [-0.4, -0.2) is 0 Å². The van der Waals surface area contributed by atoms with Gasteiger partial charge in [-0.1, -0.05) is 29.3 Å². The standard InChI is InChI=1S/C14H12Cl2FNS/c15-11-2-4-13(16)14(6-11)19-8-10-5-12(17)3-1-9(10)7-18/h1-6H,7-8,18H2. The molecule has 0 aliphatic rings. The molecule has 0 spiro atoms. The van der Waals surface area contributed by atoms with Crippen molar-refractivity contribution in [2.24, 2.45) is 5.73 Å². The molecule has 0 bridgehead atoms. The maximum atomic E-state index is 13.3. The van der Waals surface area contributed by atoms with Gasteiger partial charge in [-0.2, -0.15) is 0 Å². The van der Waals surface area contributed by atoms with Crippen LogP contribution in [0.4, 0.5) is 4.39 Å². The molecule has 2 aromatic carbocycles. The molecule has 0 atom stereocenters. The van der Waals surface area contributed by atoms with E-state index in [0.717, 1.165) is 16.0 Å². The molecule has 0 amide bonds. The van der Waals surface area contributed by atoms with Gasteiger partial charge >= 0.3 is 0 Å². The predicted molar refractivity (Wildman–Crippen MR) is 80.3 cm³/mol. The van der Waals surface area contributed by atoms with Crippen molar-refractivity contribution in [3.8, 4) is 0 Å². The Morgan fingerprint density at radius 2 is 1.84 bits per heavy atom. The van der Waals surface area contributed by atoms with E-state index in [4.69, 9.17) is 28.9 Å². The van der Waals surface area contributed by atoms with Crippen molar-refractivity contribution in [1.29, 1.82) is 0 Å². The number of benzene rings is 2. The molecule has 2 aromatic rings. The average Bonchev–Trinajstić information content (AvgIpc) is 2.40. The molecule has 2 rings (SSSR count). The van der Waals surface area contributed by atoms with E-state index < -0.39 is 0 Å². The minimum atomic E-state index is -0.259. The van der Waals surface area contributed by atoms with E-state index >= 15 is 0 Å². The van der Waals surface area contributed by atoms with E-state index in [-0.39, 0.29) is 5.82 Å². The molecule has 2 N–H and O–H groups in total. The molecule has 0 aromatic heterocycles. The molecule has 0 unspecified atom stereocenters. The Balaban J connectivity index is 2.18. The van der Waals surface area contributed by atoms with Crippen LogP contribution in [-0.2, 0) is 12.3 Å². The highest BCUT2D eigenvalue weighted by atomic mass is 35.5. The summed E-state index contributed by atoms with van der Waals surface area (Å²) in [6.45, 7) is 0.388. The van der Waals surface area contributed by atoms with Crippen LogP contribution in [0.25, 0.3) is 0 Å². The van der Waals surface area contributed by atoms with Gasteiger partial charge in [0, 0.05) is 22.2 Å². The first-order valence-electron chi connectivity index (χ1n) is 5.65. The lowest BCUT2D eigenvalue weighted by Gasteiger charge is -2.09. The average molecular weight is 316 g/mol. The summed E-state index contributed by atoms with van der Waals surface area (Å²) in [5.41, 5.74) is 7.46. The zero-order valence-corrected chi connectivity index (χ0v) is 12.3. The Kier molecular flexibility index (Phi) is 5.11. The van der Waals surface area contributed by atoms with E-state index in [1.807, 2.05) is 0 Å². The monoisotopic (exact) mass is 315 g/mol. The van der Waals surface area contributed by atoms with Crippen LogP contribution >= 0.6 is 35.0 Å². The van der Waals surface area contributed by atoms with Crippen LogP contribution in [0, 0.1) is 5.82 Å². The van der Waals surface area contributed by atoms with E-state index in [2.05, 4.69) is 0 Å². The first kappa shape index (κ1) is 14.7. The van der Waals surface area contributed by atoms with Gasteiger partial charge in [0.1, 0.15) is 5.82 Å². The SMILES string of the molecule is NCc1ccc(F)cc1CSc1cc(Cl)ccc1Cl. The Hall–Kier alpha value is -0.740. The Morgan fingerprint density at radius 1 is 1.05 bits per heavy atom. The molecule has 0 heterocycles. The lowest BCUT2D eigenvalue weighted by atomic mass is 10.1. The van der Waals surface area contributed by atoms with E-state index in [0.29, 0.717) is 22.3 Å². The molecule has 0 saturated carbocycles. The molecule has 0 aliphatic heterocycles. The van der Waals surface area contributed by atoms with Crippen LogP contribution in [0.5, 0.6) is 0 Å². The summed E-state index contributed by atoms with van der Waals surface area (Å²) in [5.74, 6) is 0.342. The predicted octanol–water partition coefficient (Wildman–Crippen LogP) is 4.88. The largest absolute Gasteiger partial charge is 0.326 e. The van der Waals surface area contributed by atoms with E-state index in [9.17, 15) is 4.39 Å². The van der Waals surface area contributed by atoms with Crippen LogP contribution in [0.3, 0.4) is 0 Å². The zero-order valence-electron chi connectivity index (χ0n) is 10.00. The third-order valence-corrected chi connectivity index (χ3v) is 4.45. The third kappa shape index (κ3) is 3.86. The Labute approximate surface area is 125 Å². The number of rotatable bonds is 4. The van der Waals surface area contributed by atoms with Crippen molar-refractivity contribution in [3.05, 3.63) is 63.4 Å². The molecule has 19 heavy (non-hydrogen) atoms. The molecule has 0 aliphatic carbocycles. The van der Waals surface area contributed by atoms with Gasteiger partial charge in [0.2, 0.25) is 0 Å². The maximum Gasteiger partial charge on any atom is 0.123 e. The first-order valence-corrected chi connectivity index (χ1v) is 7.39. The topological polar surface area (TPSA) is 26.0 Å². The highest BCUT2D eigenvalue weighted by Gasteiger charge is 2.07. The fraction of sp³-hybridized carbons (Fsp3) is 0.143. The molecule has 5 heteroatoms. The summed E-state index contributed by atoms with van der Waals surface area (Å²) >= 11 is 13.5. The van der Waals surface area contributed by atoms with Gasteiger partial charge in [-0.15, -0.1) is 11.8 Å². The van der Waals surface area contributed by atoms with Crippen molar-refractivity contribution in [2.75, 3.05) is 0 Å². The zero-order chi connectivity index (χ0) is 13.8. The van der Waals surface area contributed by atoms with E-state index in [1.165, 1.54) is 23.9 Å². The first-order chi connectivity index (χ1) is 9.10. The highest BCUT2D eigenvalue weighted by Crippen LogP contribution is 2.32. The van der Waals surface area contributed by atoms with Crippen molar-refractivity contribution in [3.63, 3.8) is 0 Å². The molecule has 0 fully saturated rings. The number of halogens is 3. The Morgan fingerprint density at radius 3 is 2.58 bits per heavy atom. The van der Waals surface area contributed by atoms with Crippen LogP contribution in [0.2, 0.25) is 10.0 Å². The summed E-state index contributed by atoms with van der Waals surface area (Å²) in [6.07, 6.45) is 0. The van der Waals surface area contributed by atoms with Crippen LogP contribution in [0.15, 0.2) is 41.3 Å². The van der Waals surface area contributed by atoms with Gasteiger partial charge in [0.15, 0.2) is 0 Å². The molecular weight excluding hydrogens is 304 g/mol. The van der Waals surface area contributed by atoms with Crippen molar-refractivity contribution < 1.29 is 4.39 Å². The summed E-state index contributed by atoms with van der Waals surface area (Å²) in [6, 6.07) is 9.93. The molecular formula is C14H12Cl2FNS. The molecule has 100 valence electrons. The summed E-state index contributed by atoms with van der Waals surface area (Å²) in [4.78, 5) is 0.876. The number of thioether (sulfide) groups is 1. The lowest BCUT2D eigenvalue weighted by molar-refractivity contribution is 0.625. The molecule has 1 nitrogen and oxygen atoms in total. The van der Waals surface area contributed by atoms with Gasteiger partial charge in [0.05, 0.1) is 5.02 Å². The second kappa shape index (κ2) is 6.62. The number of nitrogens with two attached hydrogens (primary N) is 1. The molecule has 0 saturated heterocycles. The van der Waals surface area contributed by atoms with Crippen LogP contribution in [0.1, 0.15) is 11.1 Å². The number of hydrogen-bond acceptors (Lipinski definition) is 2. The second-order valence-electron chi connectivity index (χ2n) is 3.98. The summed E-state index contributed by atoms with van der Waals surface area (Å²) < 4.78 is 13.3. The van der Waals surface area contributed by atoms with Gasteiger partial charge in [-0.3, -0.25) is 0 Å². The lowest BCUT2D eigenvalue weighted by Crippen LogP contribution is -2.01.